The van der Waals surface area contributed by atoms with Gasteiger partial charge < -0.3 is 14.6 Å². The smallest absolute Gasteiger partial charge is 0.291 e. The summed E-state index contributed by atoms with van der Waals surface area (Å²) in [6, 6.07) is 12.9. The first-order valence-corrected chi connectivity index (χ1v) is 9.22. The summed E-state index contributed by atoms with van der Waals surface area (Å²) in [6.07, 6.45) is 1.48. The molecule has 4 rings (SSSR count). The van der Waals surface area contributed by atoms with E-state index in [0.29, 0.717) is 17.7 Å². The van der Waals surface area contributed by atoms with Gasteiger partial charge in [-0.1, -0.05) is 12.1 Å². The molecule has 2 heterocycles. The molecule has 0 aliphatic carbocycles. The van der Waals surface area contributed by atoms with Gasteiger partial charge in [0.15, 0.2) is 5.76 Å². The van der Waals surface area contributed by atoms with Gasteiger partial charge in [0.2, 0.25) is 5.91 Å². The Balaban J connectivity index is 1.56. The monoisotopic (exact) mass is 412 g/mol. The number of nitrogens with zero attached hydrogens (tertiary/aromatic N) is 1. The van der Waals surface area contributed by atoms with E-state index in [-0.39, 0.29) is 17.6 Å². The van der Waals surface area contributed by atoms with Gasteiger partial charge in [0.05, 0.1) is 4.47 Å². The van der Waals surface area contributed by atoms with Gasteiger partial charge in [-0.05, 0) is 65.2 Å². The quantitative estimate of drug-likeness (QED) is 0.666. The zero-order valence-corrected chi connectivity index (χ0v) is 15.8. The van der Waals surface area contributed by atoms with Crippen LogP contribution >= 0.6 is 15.9 Å². The van der Waals surface area contributed by atoms with Crippen molar-refractivity contribution in [2.24, 2.45) is 0 Å². The average Bonchev–Trinajstić information content (AvgIpc) is 3.22. The minimum absolute atomic E-state index is 0.151. The number of furan rings is 1. The standard InChI is InChI=1S/C20H17BrN2O3/c1-12-10-14(7-8-16(12)23-9-3-6-18(23)24)22-20(25)17-11-13-4-2-5-15(21)19(13)26-17/h2,4-5,7-8,10-11H,3,6,9H2,1H3,(H,22,25). The minimum Gasteiger partial charge on any atom is -0.450 e. The Morgan fingerprint density at radius 1 is 1.23 bits per heavy atom. The highest BCUT2D eigenvalue weighted by Crippen LogP contribution is 2.29. The van der Waals surface area contributed by atoms with Gasteiger partial charge in [-0.15, -0.1) is 0 Å². The number of nitrogens with one attached hydrogen (secondary N) is 1. The zero-order chi connectivity index (χ0) is 18.3. The first kappa shape index (κ1) is 16.8. The highest BCUT2D eigenvalue weighted by Gasteiger charge is 2.23. The topological polar surface area (TPSA) is 62.6 Å². The van der Waals surface area contributed by atoms with Gasteiger partial charge in [0.25, 0.3) is 5.91 Å². The number of rotatable bonds is 3. The van der Waals surface area contributed by atoms with Crippen LogP contribution in [0.1, 0.15) is 29.0 Å². The zero-order valence-electron chi connectivity index (χ0n) is 14.2. The van der Waals surface area contributed by atoms with E-state index in [0.717, 1.165) is 34.1 Å². The van der Waals surface area contributed by atoms with Crippen LogP contribution in [0.2, 0.25) is 0 Å². The lowest BCUT2D eigenvalue weighted by Crippen LogP contribution is -2.24. The van der Waals surface area contributed by atoms with Crippen LogP contribution in [0.25, 0.3) is 11.0 Å². The molecule has 1 aromatic heterocycles. The molecule has 1 fully saturated rings. The van der Waals surface area contributed by atoms with Crippen LogP contribution in [0, 0.1) is 6.92 Å². The van der Waals surface area contributed by atoms with Crippen LogP contribution in [0.3, 0.4) is 0 Å². The number of aryl methyl sites for hydroxylation is 1. The van der Waals surface area contributed by atoms with E-state index in [9.17, 15) is 9.59 Å². The highest BCUT2D eigenvalue weighted by atomic mass is 79.9. The number of benzene rings is 2. The Kier molecular flexibility index (Phi) is 4.28. The van der Waals surface area contributed by atoms with Crippen LogP contribution in [-0.4, -0.2) is 18.4 Å². The lowest BCUT2D eigenvalue weighted by Gasteiger charge is -2.19. The average molecular weight is 413 g/mol. The van der Waals surface area contributed by atoms with Crippen molar-refractivity contribution in [3.63, 3.8) is 0 Å². The summed E-state index contributed by atoms with van der Waals surface area (Å²) < 4.78 is 6.48. The van der Waals surface area contributed by atoms with E-state index in [2.05, 4.69) is 21.2 Å². The fourth-order valence-corrected chi connectivity index (χ4v) is 3.73. The predicted octanol–water partition coefficient (Wildman–Crippen LogP) is 4.88. The summed E-state index contributed by atoms with van der Waals surface area (Å²) in [6.45, 7) is 2.69. The molecule has 3 aromatic rings. The number of carbonyl (C=O) groups is 2. The normalized spacial score (nSPS) is 14.2. The summed E-state index contributed by atoms with van der Waals surface area (Å²) in [5.74, 6) is 0.0959. The van der Waals surface area contributed by atoms with Gasteiger partial charge in [0.1, 0.15) is 5.58 Å². The Hall–Kier alpha value is -2.60. The van der Waals surface area contributed by atoms with Crippen LogP contribution < -0.4 is 10.2 Å². The molecule has 0 radical (unpaired) electrons. The second kappa shape index (κ2) is 6.61. The fourth-order valence-electron chi connectivity index (χ4n) is 3.27. The molecule has 2 aromatic carbocycles. The first-order chi connectivity index (χ1) is 12.5. The Bertz CT molecular complexity index is 1030. The van der Waals surface area contributed by atoms with E-state index < -0.39 is 0 Å². The van der Waals surface area contributed by atoms with Crippen molar-refractivity contribution in [3.8, 4) is 0 Å². The largest absolute Gasteiger partial charge is 0.450 e. The Morgan fingerprint density at radius 3 is 2.77 bits per heavy atom. The van der Waals surface area contributed by atoms with Crippen molar-refractivity contribution in [3.05, 3.63) is 58.3 Å². The number of para-hydroxylation sites is 1. The van der Waals surface area contributed by atoms with Gasteiger partial charge in [-0.25, -0.2) is 0 Å². The summed E-state index contributed by atoms with van der Waals surface area (Å²) in [5, 5.41) is 3.72. The van der Waals surface area contributed by atoms with E-state index >= 15 is 0 Å². The minimum atomic E-state index is -0.308. The summed E-state index contributed by atoms with van der Waals surface area (Å²) in [5.41, 5.74) is 3.17. The number of amides is 2. The van der Waals surface area contributed by atoms with E-state index in [1.165, 1.54) is 0 Å². The third-order valence-corrected chi connectivity index (χ3v) is 5.16. The molecule has 1 aliphatic rings. The van der Waals surface area contributed by atoms with Crippen molar-refractivity contribution in [2.75, 3.05) is 16.8 Å². The molecule has 0 unspecified atom stereocenters. The summed E-state index contributed by atoms with van der Waals surface area (Å²) in [4.78, 5) is 26.2. The number of carbonyl (C=O) groups excluding carboxylic acids is 2. The third-order valence-electron chi connectivity index (χ3n) is 4.54. The van der Waals surface area contributed by atoms with Crippen molar-refractivity contribution in [1.29, 1.82) is 0 Å². The Labute approximate surface area is 159 Å². The lowest BCUT2D eigenvalue weighted by atomic mass is 10.1. The van der Waals surface area contributed by atoms with Crippen LogP contribution in [-0.2, 0) is 4.79 Å². The number of halogens is 1. The molecule has 5 nitrogen and oxygen atoms in total. The molecule has 0 atom stereocenters. The van der Waals surface area contributed by atoms with Crippen LogP contribution in [0.4, 0.5) is 11.4 Å². The summed E-state index contributed by atoms with van der Waals surface area (Å²) >= 11 is 3.42. The van der Waals surface area contributed by atoms with E-state index in [1.54, 1.807) is 11.0 Å². The van der Waals surface area contributed by atoms with Gasteiger partial charge in [-0.3, -0.25) is 9.59 Å². The van der Waals surface area contributed by atoms with Crippen molar-refractivity contribution < 1.29 is 14.0 Å². The lowest BCUT2D eigenvalue weighted by molar-refractivity contribution is -0.117. The fraction of sp³-hybridized carbons (Fsp3) is 0.200. The molecule has 26 heavy (non-hydrogen) atoms. The molecular formula is C20H17BrN2O3. The molecule has 0 bridgehead atoms. The van der Waals surface area contributed by atoms with Gasteiger partial charge in [0, 0.05) is 29.7 Å². The predicted molar refractivity (Wildman–Crippen MR) is 105 cm³/mol. The molecule has 6 heteroatoms. The molecular weight excluding hydrogens is 396 g/mol. The summed E-state index contributed by atoms with van der Waals surface area (Å²) in [7, 11) is 0. The Morgan fingerprint density at radius 2 is 2.08 bits per heavy atom. The van der Waals surface area contributed by atoms with Crippen LogP contribution in [0.15, 0.2) is 51.4 Å². The van der Waals surface area contributed by atoms with Crippen LogP contribution in [0.5, 0.6) is 0 Å². The van der Waals surface area contributed by atoms with E-state index in [1.807, 2.05) is 43.3 Å². The number of anilines is 2. The molecule has 1 saturated heterocycles. The van der Waals surface area contributed by atoms with Crippen molar-refractivity contribution in [1.82, 2.24) is 0 Å². The molecule has 1 N–H and O–H groups in total. The first-order valence-electron chi connectivity index (χ1n) is 8.43. The maximum Gasteiger partial charge on any atom is 0.291 e. The molecule has 0 spiro atoms. The molecule has 132 valence electrons. The maximum absolute atomic E-state index is 12.5. The second-order valence-corrected chi connectivity index (χ2v) is 7.23. The maximum atomic E-state index is 12.5. The van der Waals surface area contributed by atoms with Gasteiger partial charge >= 0.3 is 0 Å². The second-order valence-electron chi connectivity index (χ2n) is 6.37. The van der Waals surface area contributed by atoms with E-state index in [4.69, 9.17) is 4.42 Å². The number of fused-ring (bicyclic) bond motifs is 1. The molecule has 1 aliphatic heterocycles. The number of hydrogen-bond donors (Lipinski definition) is 1. The van der Waals surface area contributed by atoms with Gasteiger partial charge in [-0.2, -0.15) is 0 Å². The van der Waals surface area contributed by atoms with Crippen molar-refractivity contribution in [2.45, 2.75) is 19.8 Å². The number of hydrogen-bond acceptors (Lipinski definition) is 3. The highest BCUT2D eigenvalue weighted by molar-refractivity contribution is 9.10. The molecule has 0 saturated carbocycles. The SMILES string of the molecule is Cc1cc(NC(=O)c2cc3cccc(Br)c3o2)ccc1N1CCCC1=O. The van der Waals surface area contributed by atoms with Crippen molar-refractivity contribution >= 4 is 50.1 Å². The molecule has 2 amide bonds. The third kappa shape index (κ3) is 3.01.